The molecule has 1 aromatic rings. The van der Waals surface area contributed by atoms with E-state index in [1.54, 1.807) is 13.8 Å². The molecule has 0 heterocycles. The molecule has 1 aromatic carbocycles. The molecule has 0 spiro atoms. The van der Waals surface area contributed by atoms with Gasteiger partial charge in [-0.05, 0) is 51.0 Å². The lowest BCUT2D eigenvalue weighted by atomic mass is 9.90. The summed E-state index contributed by atoms with van der Waals surface area (Å²) in [6.45, 7) is 8.26. The fourth-order valence-corrected chi connectivity index (χ4v) is 2.66. The van der Waals surface area contributed by atoms with E-state index in [2.05, 4.69) is 15.9 Å². The second-order valence-corrected chi connectivity index (χ2v) is 5.76. The summed E-state index contributed by atoms with van der Waals surface area (Å²) in [5, 5.41) is 0. The molecule has 18 heavy (non-hydrogen) atoms. The first-order chi connectivity index (χ1) is 8.15. The number of Topliss-reactive ketones (excluding diaryl/α,β-unsaturated/α-hetero) is 1. The van der Waals surface area contributed by atoms with Crippen LogP contribution in [-0.4, -0.2) is 17.4 Å². The Balaban J connectivity index is 3.23. The minimum absolute atomic E-state index is 0.180. The smallest absolute Gasteiger partial charge is 0.303 e. The molecule has 0 saturated carbocycles. The summed E-state index contributed by atoms with van der Waals surface area (Å²) >= 11 is 3.39. The zero-order valence-corrected chi connectivity index (χ0v) is 12.8. The summed E-state index contributed by atoms with van der Waals surface area (Å²) in [6.07, 6.45) is 0. The number of hydrogen-bond acceptors (Lipinski definition) is 3. The van der Waals surface area contributed by atoms with E-state index in [4.69, 9.17) is 4.74 Å². The van der Waals surface area contributed by atoms with Crippen molar-refractivity contribution < 1.29 is 14.3 Å². The second kappa shape index (κ2) is 5.22. The number of esters is 1. The molecule has 0 N–H and O–H groups in total. The van der Waals surface area contributed by atoms with Gasteiger partial charge in [0.1, 0.15) is 0 Å². The summed E-state index contributed by atoms with van der Waals surface area (Å²) in [7, 11) is 0. The van der Waals surface area contributed by atoms with Crippen molar-refractivity contribution in [1.82, 2.24) is 0 Å². The van der Waals surface area contributed by atoms with Crippen molar-refractivity contribution in [3.8, 4) is 0 Å². The van der Waals surface area contributed by atoms with Crippen LogP contribution in [0.5, 0.6) is 0 Å². The molecule has 0 bridgehead atoms. The van der Waals surface area contributed by atoms with Gasteiger partial charge in [0.05, 0.1) is 0 Å². The Labute approximate surface area is 116 Å². The van der Waals surface area contributed by atoms with Crippen molar-refractivity contribution in [2.24, 2.45) is 0 Å². The van der Waals surface area contributed by atoms with Crippen molar-refractivity contribution in [3.05, 3.63) is 33.3 Å². The molecule has 0 radical (unpaired) electrons. The SMILES string of the molecule is CC(=O)OC(C)(C)C(=O)c1c(C)cc(Br)cc1C. The van der Waals surface area contributed by atoms with E-state index in [9.17, 15) is 9.59 Å². The summed E-state index contributed by atoms with van der Waals surface area (Å²) in [6, 6.07) is 3.76. The molecule has 3 nitrogen and oxygen atoms in total. The quantitative estimate of drug-likeness (QED) is 0.633. The largest absolute Gasteiger partial charge is 0.451 e. The minimum atomic E-state index is -1.14. The fraction of sp³-hybridized carbons (Fsp3) is 0.429. The third kappa shape index (κ3) is 3.19. The van der Waals surface area contributed by atoms with Crippen LogP contribution in [0.1, 0.15) is 42.3 Å². The molecular formula is C14H17BrO3. The lowest BCUT2D eigenvalue weighted by molar-refractivity contribution is -0.149. The van der Waals surface area contributed by atoms with Crippen molar-refractivity contribution in [2.75, 3.05) is 0 Å². The van der Waals surface area contributed by atoms with Crippen molar-refractivity contribution in [3.63, 3.8) is 0 Å². The Hall–Kier alpha value is -1.16. The third-order valence-electron chi connectivity index (χ3n) is 2.67. The maximum atomic E-state index is 12.5. The molecular weight excluding hydrogens is 296 g/mol. The number of ether oxygens (including phenoxy) is 1. The highest BCUT2D eigenvalue weighted by atomic mass is 79.9. The highest BCUT2D eigenvalue weighted by Crippen LogP contribution is 2.26. The van der Waals surface area contributed by atoms with Crippen LogP contribution in [0.25, 0.3) is 0 Å². The van der Waals surface area contributed by atoms with E-state index in [1.165, 1.54) is 6.92 Å². The Morgan fingerprint density at radius 3 is 2.00 bits per heavy atom. The summed E-state index contributed by atoms with van der Waals surface area (Å²) in [5.41, 5.74) is 1.21. The van der Waals surface area contributed by atoms with E-state index < -0.39 is 11.6 Å². The Morgan fingerprint density at radius 1 is 1.17 bits per heavy atom. The van der Waals surface area contributed by atoms with Gasteiger partial charge in [-0.15, -0.1) is 0 Å². The number of ketones is 1. The molecule has 0 atom stereocenters. The van der Waals surface area contributed by atoms with Gasteiger partial charge in [0.25, 0.3) is 0 Å². The van der Waals surface area contributed by atoms with Gasteiger partial charge in [-0.1, -0.05) is 15.9 Å². The maximum absolute atomic E-state index is 12.5. The third-order valence-corrected chi connectivity index (χ3v) is 3.13. The number of carbonyl (C=O) groups is 2. The van der Waals surface area contributed by atoms with Crippen LogP contribution in [0, 0.1) is 13.8 Å². The van der Waals surface area contributed by atoms with Crippen LogP contribution in [0.3, 0.4) is 0 Å². The zero-order valence-electron chi connectivity index (χ0n) is 11.3. The normalized spacial score (nSPS) is 11.2. The predicted molar refractivity (Wildman–Crippen MR) is 73.8 cm³/mol. The predicted octanol–water partition coefficient (Wildman–Crippen LogP) is 3.59. The first-order valence-electron chi connectivity index (χ1n) is 5.66. The van der Waals surface area contributed by atoms with Crippen LogP contribution < -0.4 is 0 Å². The van der Waals surface area contributed by atoms with Gasteiger partial charge in [0.15, 0.2) is 5.60 Å². The number of rotatable bonds is 3. The van der Waals surface area contributed by atoms with Gasteiger partial charge >= 0.3 is 5.97 Å². The van der Waals surface area contributed by atoms with E-state index in [0.29, 0.717) is 5.56 Å². The number of halogens is 1. The molecule has 0 aromatic heterocycles. The van der Waals surface area contributed by atoms with Crippen LogP contribution >= 0.6 is 15.9 Å². The van der Waals surface area contributed by atoms with Crippen LogP contribution in [0.15, 0.2) is 16.6 Å². The van der Waals surface area contributed by atoms with Crippen molar-refractivity contribution in [2.45, 2.75) is 40.2 Å². The first-order valence-corrected chi connectivity index (χ1v) is 6.45. The number of hydrogen-bond donors (Lipinski definition) is 0. The number of aryl methyl sites for hydroxylation is 2. The highest BCUT2D eigenvalue weighted by Gasteiger charge is 2.33. The van der Waals surface area contributed by atoms with Gasteiger partial charge in [-0.3, -0.25) is 9.59 Å². The van der Waals surface area contributed by atoms with Crippen LogP contribution in [0.4, 0.5) is 0 Å². The van der Waals surface area contributed by atoms with Gasteiger partial charge in [0.2, 0.25) is 5.78 Å². The lowest BCUT2D eigenvalue weighted by Gasteiger charge is -2.24. The van der Waals surface area contributed by atoms with E-state index in [-0.39, 0.29) is 5.78 Å². The monoisotopic (exact) mass is 312 g/mol. The molecule has 0 aliphatic carbocycles. The molecule has 0 fully saturated rings. The average Bonchev–Trinajstić information content (AvgIpc) is 2.13. The lowest BCUT2D eigenvalue weighted by Crippen LogP contribution is -2.37. The van der Waals surface area contributed by atoms with E-state index >= 15 is 0 Å². The molecule has 0 aliphatic rings. The molecule has 4 heteroatoms. The minimum Gasteiger partial charge on any atom is -0.451 e. The van der Waals surface area contributed by atoms with Crippen molar-refractivity contribution in [1.29, 1.82) is 0 Å². The topological polar surface area (TPSA) is 43.4 Å². The number of benzene rings is 1. The van der Waals surface area contributed by atoms with E-state index in [0.717, 1.165) is 15.6 Å². The Kier molecular flexibility index (Phi) is 4.32. The molecule has 1 rings (SSSR count). The summed E-state index contributed by atoms with van der Waals surface area (Å²) in [5.74, 6) is -0.638. The van der Waals surface area contributed by atoms with Crippen molar-refractivity contribution >= 4 is 27.7 Å². The standard InChI is InChI=1S/C14H17BrO3/c1-8-6-11(15)7-9(2)12(8)13(17)14(4,5)18-10(3)16/h6-7H,1-5H3. The Bertz CT molecular complexity index is 481. The molecule has 0 aliphatic heterocycles. The first kappa shape index (κ1) is 14.9. The maximum Gasteiger partial charge on any atom is 0.303 e. The molecule has 0 saturated heterocycles. The van der Waals surface area contributed by atoms with Gasteiger partial charge in [-0.25, -0.2) is 0 Å². The van der Waals surface area contributed by atoms with E-state index in [1.807, 2.05) is 26.0 Å². The molecule has 0 unspecified atom stereocenters. The van der Waals surface area contributed by atoms with Gasteiger partial charge in [0, 0.05) is 17.0 Å². The Morgan fingerprint density at radius 2 is 1.61 bits per heavy atom. The van der Waals surface area contributed by atoms with Gasteiger partial charge < -0.3 is 4.74 Å². The second-order valence-electron chi connectivity index (χ2n) is 4.85. The highest BCUT2D eigenvalue weighted by molar-refractivity contribution is 9.10. The van der Waals surface area contributed by atoms with Gasteiger partial charge in [-0.2, -0.15) is 0 Å². The fourth-order valence-electron chi connectivity index (χ4n) is 1.98. The zero-order chi connectivity index (χ0) is 14.1. The summed E-state index contributed by atoms with van der Waals surface area (Å²) < 4.78 is 6.02. The van der Waals surface area contributed by atoms with Crippen LogP contribution in [0.2, 0.25) is 0 Å². The molecule has 0 amide bonds. The molecule has 98 valence electrons. The van der Waals surface area contributed by atoms with Crippen LogP contribution in [-0.2, 0) is 9.53 Å². The number of carbonyl (C=O) groups excluding carboxylic acids is 2. The average molecular weight is 313 g/mol. The summed E-state index contributed by atoms with van der Waals surface area (Å²) in [4.78, 5) is 23.5.